The number of aliphatic hydroxyl groups is 1. The molecule has 0 bridgehead atoms. The number of carbonyl (C=O) groups excluding carboxylic acids is 4. The molecule has 346 valence electrons. The zero-order valence-electron chi connectivity index (χ0n) is 38.4. The van der Waals surface area contributed by atoms with Crippen molar-refractivity contribution in [3.63, 3.8) is 0 Å². The lowest BCUT2D eigenvalue weighted by Crippen LogP contribution is -2.74. The Hall–Kier alpha value is -5.33. The fraction of sp³-hybridized carbons (Fsp3) is 0.480. The Morgan fingerprint density at radius 1 is 1.00 bits per heavy atom. The minimum absolute atomic E-state index is 0.0138. The Bertz CT molecular complexity index is 2370. The van der Waals surface area contributed by atoms with Gasteiger partial charge in [0.25, 0.3) is 5.91 Å². The average Bonchev–Trinajstić information content (AvgIpc) is 3.88. The van der Waals surface area contributed by atoms with Gasteiger partial charge in [-0.3, -0.25) is 19.2 Å². The predicted octanol–water partition coefficient (Wildman–Crippen LogP) is 7.74. The highest BCUT2D eigenvalue weighted by molar-refractivity contribution is 7.13. The summed E-state index contributed by atoms with van der Waals surface area (Å²) in [6.07, 6.45) is 0.272. The zero-order chi connectivity index (χ0) is 47.3. The van der Waals surface area contributed by atoms with E-state index in [0.717, 1.165) is 21.7 Å². The van der Waals surface area contributed by atoms with E-state index < -0.39 is 46.2 Å². The van der Waals surface area contributed by atoms with Crippen molar-refractivity contribution in [1.29, 1.82) is 5.26 Å². The van der Waals surface area contributed by atoms with Crippen LogP contribution < -0.4 is 20.1 Å². The number of nitriles is 1. The van der Waals surface area contributed by atoms with Gasteiger partial charge in [0.15, 0.2) is 5.78 Å². The van der Waals surface area contributed by atoms with E-state index in [2.05, 4.69) is 21.7 Å². The third-order valence-corrected chi connectivity index (χ3v) is 13.7. The molecule has 4 aromatic rings. The van der Waals surface area contributed by atoms with Crippen LogP contribution in [0.4, 0.5) is 0 Å². The number of ketones is 1. The number of carbonyl (C=O) groups is 4. The molecule has 0 radical (unpaired) electrons. The van der Waals surface area contributed by atoms with Gasteiger partial charge in [0.1, 0.15) is 36.3 Å². The first-order valence-electron chi connectivity index (χ1n) is 22.0. The smallest absolute Gasteiger partial charge is 0.251 e. The second-order valence-corrected chi connectivity index (χ2v) is 20.5. The minimum Gasteiger partial charge on any atom is -0.494 e. The molecule has 0 spiro atoms. The van der Waals surface area contributed by atoms with Crippen LogP contribution in [0.25, 0.3) is 10.4 Å². The number of β-amino-alcohol motifs (C(OH)–C–C–N with tert-alkyl or cyclic N) is 1. The number of ether oxygens (including phenoxy) is 3. The third-order valence-electron chi connectivity index (χ3n) is 12.5. The number of aryl methyl sites for hydroxylation is 2. The van der Waals surface area contributed by atoms with Crippen molar-refractivity contribution in [2.24, 2.45) is 16.2 Å². The third kappa shape index (κ3) is 11.6. The maximum absolute atomic E-state index is 14.0. The summed E-state index contributed by atoms with van der Waals surface area (Å²) in [6.45, 7) is 15.9. The highest BCUT2D eigenvalue weighted by atomic mass is 35.5. The van der Waals surface area contributed by atoms with Gasteiger partial charge in [-0.2, -0.15) is 5.26 Å². The zero-order valence-corrected chi connectivity index (χ0v) is 40.0. The van der Waals surface area contributed by atoms with Gasteiger partial charge in [0, 0.05) is 54.3 Å². The van der Waals surface area contributed by atoms with Crippen molar-refractivity contribution in [2.45, 2.75) is 111 Å². The van der Waals surface area contributed by atoms with Crippen LogP contribution in [0.2, 0.25) is 5.02 Å². The number of hydrogen-bond acceptors (Lipinski definition) is 11. The number of rotatable bonds is 18. The van der Waals surface area contributed by atoms with E-state index in [9.17, 15) is 29.5 Å². The number of benzene rings is 3. The number of likely N-dealkylation sites (tertiary alicyclic amines) is 1. The van der Waals surface area contributed by atoms with Crippen LogP contribution in [0.1, 0.15) is 94.9 Å². The average molecular weight is 927 g/mol. The molecule has 1 saturated heterocycles. The number of nitrogens with one attached hydrogen (secondary N) is 2. The number of Topliss-reactive ketones (excluding diaryl/α,β-unsaturated/α-hetero) is 1. The largest absolute Gasteiger partial charge is 0.494 e. The van der Waals surface area contributed by atoms with Crippen molar-refractivity contribution in [2.75, 3.05) is 26.4 Å². The van der Waals surface area contributed by atoms with Gasteiger partial charge < -0.3 is 34.9 Å². The molecule has 1 saturated carbocycles. The van der Waals surface area contributed by atoms with Crippen LogP contribution in [-0.4, -0.2) is 95.2 Å². The van der Waals surface area contributed by atoms with E-state index in [1.54, 1.807) is 53.8 Å². The molecule has 1 aromatic heterocycles. The van der Waals surface area contributed by atoms with Crippen LogP contribution in [0, 0.1) is 34.5 Å². The molecule has 3 N–H and O–H groups in total. The van der Waals surface area contributed by atoms with Gasteiger partial charge in [-0.05, 0) is 66.3 Å². The maximum Gasteiger partial charge on any atom is 0.251 e. The van der Waals surface area contributed by atoms with Crippen LogP contribution in [0.5, 0.6) is 11.5 Å². The van der Waals surface area contributed by atoms with E-state index in [4.69, 9.17) is 25.8 Å². The Morgan fingerprint density at radius 3 is 2.29 bits per heavy atom. The number of aliphatic hydroxyl groups excluding tert-OH is 1. The Kier molecular flexibility index (Phi) is 15.5. The minimum atomic E-state index is -0.951. The van der Waals surface area contributed by atoms with Crippen LogP contribution in [0.3, 0.4) is 0 Å². The van der Waals surface area contributed by atoms with Gasteiger partial charge in [-0.25, -0.2) is 4.98 Å². The summed E-state index contributed by atoms with van der Waals surface area (Å²) in [5.74, 6) is -0.0933. The van der Waals surface area contributed by atoms with Crippen molar-refractivity contribution in [3.8, 4) is 28.0 Å². The van der Waals surface area contributed by atoms with Gasteiger partial charge in [0.2, 0.25) is 11.8 Å². The molecular formula is C50H60ClN5O8S. The monoisotopic (exact) mass is 925 g/mol. The summed E-state index contributed by atoms with van der Waals surface area (Å²) < 4.78 is 17.8. The molecule has 65 heavy (non-hydrogen) atoms. The highest BCUT2D eigenvalue weighted by Gasteiger charge is 2.64. The molecule has 2 fully saturated rings. The SMILES string of the molecule is Cc1ncsc1-c1ccc(CCC(=O)[C@@H]2C[C@@H](O)CN2C(=O)[C@@H](NC(=O)COCCCOc2ccc(C(=O)NC3C(C)(C)C(Oc4ccc(C#N)c(Cl)c4)C3(C)C)cc2)C(C)(C)C)cc1. The molecule has 3 aromatic carbocycles. The molecule has 3 atom stereocenters. The lowest BCUT2D eigenvalue weighted by molar-refractivity contribution is -0.164. The van der Waals surface area contributed by atoms with Gasteiger partial charge in [-0.1, -0.05) is 84.3 Å². The van der Waals surface area contributed by atoms with Crippen molar-refractivity contribution < 1.29 is 38.5 Å². The molecule has 13 nitrogen and oxygen atoms in total. The van der Waals surface area contributed by atoms with E-state index >= 15 is 0 Å². The van der Waals surface area contributed by atoms with Crippen molar-refractivity contribution >= 4 is 46.4 Å². The van der Waals surface area contributed by atoms with Gasteiger partial charge >= 0.3 is 0 Å². The summed E-state index contributed by atoms with van der Waals surface area (Å²) in [4.78, 5) is 60.8. The van der Waals surface area contributed by atoms with Gasteiger partial charge in [-0.15, -0.1) is 11.3 Å². The Morgan fingerprint density at radius 2 is 1.68 bits per heavy atom. The lowest BCUT2D eigenvalue weighted by atomic mass is 9.49. The van der Waals surface area contributed by atoms with E-state index in [1.165, 1.54) is 4.90 Å². The number of nitrogens with zero attached hydrogens (tertiary/aromatic N) is 3. The lowest BCUT2D eigenvalue weighted by Gasteiger charge is -2.63. The first-order chi connectivity index (χ1) is 30.7. The molecule has 6 rings (SSSR count). The fourth-order valence-electron chi connectivity index (χ4n) is 9.24. The molecule has 15 heteroatoms. The van der Waals surface area contributed by atoms with Gasteiger partial charge in [0.05, 0.1) is 52.0 Å². The highest BCUT2D eigenvalue weighted by Crippen LogP contribution is 2.55. The Balaban J connectivity index is 0.915. The molecule has 3 amide bonds. The van der Waals surface area contributed by atoms with E-state index in [0.29, 0.717) is 47.1 Å². The first kappa shape index (κ1) is 49.1. The topological polar surface area (TPSA) is 180 Å². The Labute approximate surface area is 390 Å². The van der Waals surface area contributed by atoms with Crippen molar-refractivity contribution in [1.82, 2.24) is 20.5 Å². The number of amides is 3. The molecule has 2 aliphatic rings. The van der Waals surface area contributed by atoms with Crippen LogP contribution in [-0.2, 0) is 25.5 Å². The summed E-state index contributed by atoms with van der Waals surface area (Å²) in [6, 6.07) is 20.0. The number of hydrogen-bond donors (Lipinski definition) is 3. The normalized spacial score (nSPS) is 20.2. The second kappa shape index (κ2) is 20.5. The summed E-state index contributed by atoms with van der Waals surface area (Å²) >= 11 is 7.81. The summed E-state index contributed by atoms with van der Waals surface area (Å²) in [5, 5.41) is 26.1. The number of thiazole rings is 1. The molecular weight excluding hydrogens is 866 g/mol. The fourth-order valence-corrected chi connectivity index (χ4v) is 10.3. The van der Waals surface area contributed by atoms with E-state index in [1.807, 2.05) is 85.2 Å². The molecule has 0 unspecified atom stereocenters. The van der Waals surface area contributed by atoms with Crippen LogP contribution in [0.15, 0.2) is 72.2 Å². The standard InChI is InChI=1S/C50H60ClN5O8S/c1-30-42(65-29-53-30)32-13-10-31(11-14-32)12-21-40(58)39-24-35(57)27-56(39)45(61)43(48(2,3)4)54-41(59)28-62-22-9-23-63-36-18-15-33(16-19-36)44(60)55-46-49(5,6)47(50(46,7)8)64-37-20-17-34(26-52)38(51)25-37/h10-11,13-20,25,29,35,39,43,46-47,57H,9,12,21-24,27-28H2,1-8H3,(H,54,59)(H,55,60)/t35-,39+,43-,46?,47?/m1/s1. The van der Waals surface area contributed by atoms with Crippen molar-refractivity contribution in [3.05, 3.63) is 99.6 Å². The maximum atomic E-state index is 14.0. The predicted molar refractivity (Wildman–Crippen MR) is 250 cm³/mol. The molecule has 1 aliphatic heterocycles. The molecule has 1 aliphatic carbocycles. The summed E-state index contributed by atoms with van der Waals surface area (Å²) in [5.41, 5.74) is 4.22. The number of halogens is 1. The van der Waals surface area contributed by atoms with Crippen LogP contribution >= 0.6 is 22.9 Å². The summed E-state index contributed by atoms with van der Waals surface area (Å²) in [7, 11) is 0. The quantitative estimate of drug-likeness (QED) is 0.0836. The van der Waals surface area contributed by atoms with E-state index in [-0.39, 0.29) is 56.4 Å². The number of aromatic nitrogens is 1. The molecule has 2 heterocycles. The second-order valence-electron chi connectivity index (χ2n) is 19.3. The first-order valence-corrected chi connectivity index (χ1v) is 23.2.